The van der Waals surface area contributed by atoms with Gasteiger partial charge in [0.05, 0.1) is 0 Å². The molecule has 0 unspecified atom stereocenters. The number of hydrogen-bond donors (Lipinski definition) is 0. The van der Waals surface area contributed by atoms with Crippen molar-refractivity contribution in [3.63, 3.8) is 0 Å². The van der Waals surface area contributed by atoms with Gasteiger partial charge in [-0.05, 0) is 70.7 Å². The van der Waals surface area contributed by atoms with Crippen LogP contribution in [0.1, 0.15) is 11.3 Å². The number of hydrogen-bond acceptors (Lipinski definition) is 1. The molecule has 3 rings (SSSR count). The molecule has 0 fully saturated rings. The smallest absolute Gasteiger partial charge is 0.133 e. The molecule has 116 valence electrons. The lowest BCUT2D eigenvalue weighted by atomic mass is 9.97. The lowest BCUT2D eigenvalue weighted by Gasteiger charge is -2.11. The molecular weight excluding hydrogens is 377 g/mol. The summed E-state index contributed by atoms with van der Waals surface area (Å²) in [5.74, 6) is -0.237. The first-order chi connectivity index (χ1) is 11.0. The monoisotopic (exact) mass is 389 g/mol. The number of rotatable bonds is 2. The van der Waals surface area contributed by atoms with Crippen molar-refractivity contribution in [3.8, 4) is 22.3 Å². The summed E-state index contributed by atoms with van der Waals surface area (Å²) in [6.45, 7) is 3.69. The maximum Gasteiger partial charge on any atom is 0.133 e. The van der Waals surface area contributed by atoms with Crippen LogP contribution in [0.5, 0.6) is 0 Å². The Balaban J connectivity index is 2.18. The molecule has 0 bridgehead atoms. The van der Waals surface area contributed by atoms with Crippen LogP contribution in [-0.4, -0.2) is 4.98 Å². The van der Waals surface area contributed by atoms with Crippen LogP contribution in [0.2, 0.25) is 5.02 Å². The summed E-state index contributed by atoms with van der Waals surface area (Å²) in [4.78, 5) is 4.31. The molecule has 0 aliphatic rings. The molecule has 0 saturated carbocycles. The zero-order chi connectivity index (χ0) is 16.6. The number of nitrogens with zero attached hydrogens (tertiary/aromatic N) is 1. The number of benzene rings is 2. The minimum Gasteiger partial charge on any atom is -0.246 e. The van der Waals surface area contributed by atoms with Crippen LogP contribution < -0.4 is 0 Å². The van der Waals surface area contributed by atoms with Gasteiger partial charge in [0.15, 0.2) is 0 Å². The molecule has 3 aromatic rings. The Bertz CT molecular complexity index is 872. The third-order valence-electron chi connectivity index (χ3n) is 3.70. The summed E-state index contributed by atoms with van der Waals surface area (Å²) < 4.78 is 15.2. The van der Waals surface area contributed by atoms with Crippen molar-refractivity contribution in [1.29, 1.82) is 0 Å². The van der Waals surface area contributed by atoms with Crippen LogP contribution in [-0.2, 0) is 0 Å². The van der Waals surface area contributed by atoms with Crippen molar-refractivity contribution in [2.75, 3.05) is 0 Å². The van der Waals surface area contributed by atoms with Crippen molar-refractivity contribution in [2.45, 2.75) is 13.8 Å². The van der Waals surface area contributed by atoms with Gasteiger partial charge in [0.2, 0.25) is 0 Å². The van der Waals surface area contributed by atoms with Gasteiger partial charge < -0.3 is 0 Å². The molecule has 0 amide bonds. The Kier molecular flexibility index (Phi) is 4.51. The Morgan fingerprint density at radius 1 is 0.957 bits per heavy atom. The average Bonchev–Trinajstić information content (AvgIpc) is 2.50. The number of aromatic nitrogens is 1. The first kappa shape index (κ1) is 16.2. The van der Waals surface area contributed by atoms with Crippen LogP contribution in [0.3, 0.4) is 0 Å². The summed E-state index contributed by atoms with van der Waals surface area (Å²) in [6.07, 6.45) is 0. The molecular formula is C19H14BrClFN. The van der Waals surface area contributed by atoms with Crippen molar-refractivity contribution in [1.82, 2.24) is 4.98 Å². The Morgan fingerprint density at radius 3 is 2.48 bits per heavy atom. The van der Waals surface area contributed by atoms with E-state index in [-0.39, 0.29) is 5.82 Å². The van der Waals surface area contributed by atoms with Gasteiger partial charge in [-0.3, -0.25) is 0 Å². The van der Waals surface area contributed by atoms with Crippen LogP contribution in [0.4, 0.5) is 4.39 Å². The van der Waals surface area contributed by atoms with Gasteiger partial charge in [-0.25, -0.2) is 9.37 Å². The van der Waals surface area contributed by atoms with Crippen LogP contribution in [0.25, 0.3) is 22.3 Å². The fraction of sp³-hybridized carbons (Fsp3) is 0.105. The second-order valence-electron chi connectivity index (χ2n) is 5.45. The summed E-state index contributed by atoms with van der Waals surface area (Å²) in [5.41, 5.74) is 4.70. The van der Waals surface area contributed by atoms with E-state index in [0.29, 0.717) is 21.7 Å². The van der Waals surface area contributed by atoms with Crippen LogP contribution in [0, 0.1) is 19.7 Å². The molecule has 1 aromatic heterocycles. The molecule has 1 nitrogen and oxygen atoms in total. The molecule has 0 aliphatic heterocycles. The maximum absolute atomic E-state index is 14.5. The SMILES string of the molecule is Cc1cc(-c2ccc(Cl)c(-c3cccc(C)c3F)c2)cc(Br)n1. The highest BCUT2D eigenvalue weighted by molar-refractivity contribution is 9.10. The van der Waals surface area contributed by atoms with Gasteiger partial charge in [0.1, 0.15) is 10.4 Å². The quantitative estimate of drug-likeness (QED) is 0.450. The molecule has 1 heterocycles. The van der Waals surface area contributed by atoms with E-state index in [1.54, 1.807) is 25.1 Å². The van der Waals surface area contributed by atoms with E-state index >= 15 is 0 Å². The predicted molar refractivity (Wildman–Crippen MR) is 97.3 cm³/mol. The molecule has 0 atom stereocenters. The molecule has 2 aromatic carbocycles. The normalized spacial score (nSPS) is 10.8. The van der Waals surface area contributed by atoms with Crippen molar-refractivity contribution >= 4 is 27.5 Å². The van der Waals surface area contributed by atoms with E-state index < -0.39 is 0 Å². The Morgan fingerprint density at radius 2 is 1.74 bits per heavy atom. The van der Waals surface area contributed by atoms with Gasteiger partial charge in [-0.2, -0.15) is 0 Å². The van der Waals surface area contributed by atoms with E-state index in [9.17, 15) is 4.39 Å². The largest absolute Gasteiger partial charge is 0.246 e. The van der Waals surface area contributed by atoms with Gasteiger partial charge in [-0.15, -0.1) is 0 Å². The van der Waals surface area contributed by atoms with Gasteiger partial charge >= 0.3 is 0 Å². The molecule has 0 N–H and O–H groups in total. The van der Waals surface area contributed by atoms with Gasteiger partial charge in [0, 0.05) is 21.8 Å². The van der Waals surface area contributed by atoms with Crippen LogP contribution >= 0.6 is 27.5 Å². The minimum atomic E-state index is -0.237. The number of halogens is 3. The fourth-order valence-electron chi connectivity index (χ4n) is 2.56. The standard InChI is InChI=1S/C19H14BrClFN/c1-11-4-3-5-15(19(11)22)16-9-13(6-7-17(16)21)14-8-12(2)23-18(20)10-14/h3-10H,1-2H3. The van der Waals surface area contributed by atoms with E-state index in [2.05, 4.69) is 20.9 Å². The van der Waals surface area contributed by atoms with E-state index in [0.717, 1.165) is 21.4 Å². The van der Waals surface area contributed by atoms with Gasteiger partial charge in [-0.1, -0.05) is 35.9 Å². The third-order valence-corrected chi connectivity index (χ3v) is 4.44. The number of aryl methyl sites for hydroxylation is 2. The number of pyridine rings is 1. The third kappa shape index (κ3) is 3.31. The average molecular weight is 391 g/mol. The highest BCUT2D eigenvalue weighted by atomic mass is 79.9. The summed E-state index contributed by atoms with van der Waals surface area (Å²) in [6, 6.07) is 14.9. The van der Waals surface area contributed by atoms with E-state index in [4.69, 9.17) is 11.6 Å². The first-order valence-electron chi connectivity index (χ1n) is 7.15. The zero-order valence-corrected chi connectivity index (χ0v) is 15.0. The van der Waals surface area contributed by atoms with Crippen molar-refractivity contribution < 1.29 is 4.39 Å². The Hall–Kier alpha value is -1.71. The van der Waals surface area contributed by atoms with Crippen molar-refractivity contribution in [2.24, 2.45) is 0 Å². The molecule has 23 heavy (non-hydrogen) atoms. The minimum absolute atomic E-state index is 0.237. The van der Waals surface area contributed by atoms with Crippen LogP contribution in [0.15, 0.2) is 53.1 Å². The lowest BCUT2D eigenvalue weighted by Crippen LogP contribution is -1.91. The molecule has 0 saturated heterocycles. The summed E-state index contributed by atoms with van der Waals surface area (Å²) >= 11 is 9.73. The molecule has 0 spiro atoms. The highest BCUT2D eigenvalue weighted by Crippen LogP contribution is 2.35. The highest BCUT2D eigenvalue weighted by Gasteiger charge is 2.12. The zero-order valence-electron chi connectivity index (χ0n) is 12.7. The van der Waals surface area contributed by atoms with E-state index in [1.165, 1.54) is 0 Å². The van der Waals surface area contributed by atoms with Gasteiger partial charge in [0.25, 0.3) is 0 Å². The van der Waals surface area contributed by atoms with E-state index in [1.807, 2.05) is 37.3 Å². The van der Waals surface area contributed by atoms with Crippen molar-refractivity contribution in [3.05, 3.63) is 75.2 Å². The maximum atomic E-state index is 14.5. The molecule has 0 aliphatic carbocycles. The lowest BCUT2D eigenvalue weighted by molar-refractivity contribution is 0.622. The topological polar surface area (TPSA) is 12.9 Å². The predicted octanol–water partition coefficient (Wildman–Crippen LogP) is 6.59. The summed E-state index contributed by atoms with van der Waals surface area (Å²) in [7, 11) is 0. The molecule has 4 heteroatoms. The second kappa shape index (κ2) is 6.42. The second-order valence-corrected chi connectivity index (χ2v) is 6.67. The Labute approximate surface area is 148 Å². The summed E-state index contributed by atoms with van der Waals surface area (Å²) in [5, 5.41) is 0.531. The fourth-order valence-corrected chi connectivity index (χ4v) is 3.31. The molecule has 0 radical (unpaired) electrons. The first-order valence-corrected chi connectivity index (χ1v) is 8.32.